The van der Waals surface area contributed by atoms with Crippen LogP contribution in [0.4, 0.5) is 0 Å². The molecule has 0 unspecified atom stereocenters. The summed E-state index contributed by atoms with van der Waals surface area (Å²) in [4.78, 5) is 91.9. The molecule has 0 aromatic rings. The van der Waals surface area contributed by atoms with Gasteiger partial charge in [0.25, 0.3) is 0 Å². The Labute approximate surface area is 822 Å². The van der Waals surface area contributed by atoms with Crippen LogP contribution in [0.25, 0.3) is 0 Å². The Balaban J connectivity index is -0.000000363. The topological polar surface area (TPSA) is 122 Å². The summed E-state index contributed by atoms with van der Waals surface area (Å²) >= 11 is 0. The molecule has 0 radical (unpaired) electrons. The van der Waals surface area contributed by atoms with Gasteiger partial charge in [-0.1, -0.05) is 233 Å². The monoisotopic (exact) mass is 1840 g/mol. The molecule has 0 atom stereocenters. The molecule has 0 heterocycles. The van der Waals surface area contributed by atoms with E-state index < -0.39 is 5.54 Å². The standard InChI is InChI=1S/C25H47NO.C23H43NO.C21H39NO.C19H35NO.C17H31NO.C15H27NO/c1-8-10-12-14-16-18-20-25(24(27)22(3)4,26(7)23(5)6)21-19-17-15-13-11-9-2;1-8-10-12-14-16-18-23(22(25)20(3)4,24(7)21(5)6)19-17-15-13-11-9-2;1-8-10-12-14-16-21(20(23)18(3)4,22(7)19(5)6)17-15-13-11-9-2;1-8-10-12-14-19(15-13-11-9-2,18(21)16(3)4)20(7)17(5)6;1-8-10-12-17(13-11-9-2,16(19)14(3)4)18(7)15(5)6;1-8-10-15(11-9-2,14(17)12(3)4)16(7)13(5)6/h8-9,22-23H,1-2,10-21H2,3-7H3;8-9,20-21H,1-2,10-19H2,3-7H3;8-9,18-19H,1-2,10-17H2,3-7H3;8-9,16-17H,1-2,10-15H2,3-7H3;8-9,14-15H,1-2,10-13H2,3-7H3;8-9,12-13H,1-2,10-11H2,3-7H3. The van der Waals surface area contributed by atoms with E-state index in [0.29, 0.717) is 78.0 Å². The number of likely N-dealkylation sites (N-methyl/N-ethyl adjacent to an activating group) is 6. The molecule has 768 valence electrons. The molecule has 0 aliphatic heterocycles. The van der Waals surface area contributed by atoms with Crippen LogP contribution in [0.5, 0.6) is 0 Å². The molecule has 0 aliphatic carbocycles. The largest absolute Gasteiger partial charge is 0.297 e. The second kappa shape index (κ2) is 79.6. The van der Waals surface area contributed by atoms with E-state index in [1.807, 2.05) is 135 Å². The highest BCUT2D eigenvalue weighted by Crippen LogP contribution is 2.40. The third-order valence-corrected chi connectivity index (χ3v) is 28.1. The molecule has 0 spiro atoms. The molecule has 0 N–H and O–H groups in total. The molecule has 12 heteroatoms. The first-order chi connectivity index (χ1) is 62.0. The van der Waals surface area contributed by atoms with Crippen LogP contribution in [-0.2, 0) is 28.8 Å². The summed E-state index contributed by atoms with van der Waals surface area (Å²) in [6.07, 6.45) is 67.2. The van der Waals surface area contributed by atoms with Gasteiger partial charge in [0.2, 0.25) is 0 Å². The van der Waals surface area contributed by atoms with Crippen LogP contribution in [0.15, 0.2) is 152 Å². The van der Waals surface area contributed by atoms with Gasteiger partial charge in [-0.15, -0.1) is 78.9 Å². The minimum atomic E-state index is -0.480. The van der Waals surface area contributed by atoms with Crippen molar-refractivity contribution in [2.75, 3.05) is 42.3 Å². The first-order valence-corrected chi connectivity index (χ1v) is 52.9. The number of hydrogen-bond donors (Lipinski definition) is 0. The van der Waals surface area contributed by atoms with E-state index in [1.54, 1.807) is 0 Å². The maximum absolute atomic E-state index is 13.4. The molecule has 0 saturated heterocycles. The van der Waals surface area contributed by atoms with Crippen LogP contribution in [0.3, 0.4) is 0 Å². The third kappa shape index (κ3) is 51.4. The molecular weight excluding hydrogens is 1620 g/mol. The SMILES string of the molecule is C=CCC(CC=C)(C(=O)C(C)C)N(C)C(C)C.C=CCCC(CCC=C)(C(=O)C(C)C)N(C)C(C)C.C=CCCCC(CCCC=C)(C(=O)C(C)C)N(C)C(C)C.C=CCCCCC(CCCCC=C)(C(=O)C(C)C)N(C)C(C)C.C=CCCCCCC(CCCCCC=C)(C(=O)C(C)C)N(C)C(C)C.C=CCCCCCCC(CCCCCCC=C)(C(=O)C(C)C)N(C)C(C)C. The lowest BCUT2D eigenvalue weighted by Crippen LogP contribution is -2.56. The van der Waals surface area contributed by atoms with Crippen molar-refractivity contribution in [3.05, 3.63) is 152 Å². The van der Waals surface area contributed by atoms with E-state index in [0.717, 1.165) is 193 Å². The molecular formula is C120H222N6O6. The van der Waals surface area contributed by atoms with Crippen molar-refractivity contribution in [2.24, 2.45) is 35.5 Å². The van der Waals surface area contributed by atoms with E-state index in [1.165, 1.54) is 64.2 Å². The quantitative estimate of drug-likeness (QED) is 0.0426. The van der Waals surface area contributed by atoms with Crippen molar-refractivity contribution >= 4 is 34.7 Å². The minimum Gasteiger partial charge on any atom is -0.297 e. The molecule has 0 saturated carbocycles. The summed E-state index contributed by atoms with van der Waals surface area (Å²) in [5.41, 5.74) is -2.11. The van der Waals surface area contributed by atoms with Crippen molar-refractivity contribution < 1.29 is 28.8 Å². The van der Waals surface area contributed by atoms with Crippen LogP contribution in [0.2, 0.25) is 0 Å². The lowest BCUT2D eigenvalue weighted by molar-refractivity contribution is -0.137. The molecule has 12 nitrogen and oxygen atoms in total. The molecule has 0 aromatic heterocycles. The van der Waals surface area contributed by atoms with Crippen molar-refractivity contribution in [3.8, 4) is 0 Å². The van der Waals surface area contributed by atoms with Crippen molar-refractivity contribution in [2.45, 2.75) is 505 Å². The molecule has 0 rings (SSSR count). The van der Waals surface area contributed by atoms with E-state index in [2.05, 4.69) is 254 Å². The van der Waals surface area contributed by atoms with Gasteiger partial charge in [0.1, 0.15) is 0 Å². The van der Waals surface area contributed by atoms with Crippen molar-refractivity contribution in [1.29, 1.82) is 0 Å². The average molecular weight is 1850 g/mol. The van der Waals surface area contributed by atoms with Gasteiger partial charge in [-0.05, 0) is 318 Å². The fraction of sp³-hybridized carbons (Fsp3) is 0.750. The number of nitrogens with zero attached hydrogens (tertiary/aromatic N) is 6. The highest BCUT2D eigenvalue weighted by Gasteiger charge is 2.48. The lowest BCUT2D eigenvalue weighted by Gasteiger charge is -2.44. The Morgan fingerprint density at radius 1 is 0.174 bits per heavy atom. The molecule has 0 fully saturated rings. The van der Waals surface area contributed by atoms with Gasteiger partial charge in [0.15, 0.2) is 34.7 Å². The molecule has 0 bridgehead atoms. The van der Waals surface area contributed by atoms with Gasteiger partial charge in [-0.2, -0.15) is 0 Å². The zero-order valence-corrected chi connectivity index (χ0v) is 93.2. The molecule has 0 aromatic carbocycles. The van der Waals surface area contributed by atoms with Gasteiger partial charge in [0, 0.05) is 71.8 Å². The highest BCUT2D eigenvalue weighted by molar-refractivity contribution is 5.93. The molecule has 0 aliphatic rings. The van der Waals surface area contributed by atoms with Crippen LogP contribution >= 0.6 is 0 Å². The summed E-state index contributed by atoms with van der Waals surface area (Å²) in [6.45, 7) is 96.0. The second-order valence-electron chi connectivity index (χ2n) is 41.9. The normalized spacial score (nSPS) is 12.2. The zero-order valence-electron chi connectivity index (χ0n) is 93.2. The Morgan fingerprint density at radius 3 is 0.470 bits per heavy atom. The number of Topliss-reactive ketones (excluding diaryl/α,β-unsaturated/α-hetero) is 6. The van der Waals surface area contributed by atoms with Crippen LogP contribution in [-0.4, -0.2) is 176 Å². The van der Waals surface area contributed by atoms with Crippen LogP contribution in [0.1, 0.15) is 436 Å². The predicted molar refractivity (Wildman–Crippen MR) is 589 cm³/mol. The van der Waals surface area contributed by atoms with Crippen LogP contribution < -0.4 is 0 Å². The lowest BCUT2D eigenvalue weighted by atomic mass is 9.76. The maximum atomic E-state index is 13.4. The number of carbonyl (C=O) groups is 6. The number of unbranched alkanes of at least 4 members (excludes halogenated alkanes) is 20. The van der Waals surface area contributed by atoms with Gasteiger partial charge >= 0.3 is 0 Å². The van der Waals surface area contributed by atoms with E-state index in [-0.39, 0.29) is 69.0 Å². The zero-order chi connectivity index (χ0) is 103. The van der Waals surface area contributed by atoms with Gasteiger partial charge in [0.05, 0.1) is 33.2 Å². The van der Waals surface area contributed by atoms with Crippen molar-refractivity contribution in [1.82, 2.24) is 29.4 Å². The fourth-order valence-electron chi connectivity index (χ4n) is 19.0. The van der Waals surface area contributed by atoms with Crippen molar-refractivity contribution in [3.63, 3.8) is 0 Å². The summed E-state index contributed by atoms with van der Waals surface area (Å²) in [7, 11) is 12.6. The Bertz CT molecular complexity index is 3030. The van der Waals surface area contributed by atoms with E-state index >= 15 is 0 Å². The van der Waals surface area contributed by atoms with E-state index in [4.69, 9.17) is 0 Å². The fourth-order valence-corrected chi connectivity index (χ4v) is 19.0. The van der Waals surface area contributed by atoms with Gasteiger partial charge in [-0.25, -0.2) is 0 Å². The first kappa shape index (κ1) is 137. The summed E-state index contributed by atoms with van der Waals surface area (Å²) < 4.78 is 0. The Morgan fingerprint density at radius 2 is 0.303 bits per heavy atom. The first-order valence-electron chi connectivity index (χ1n) is 52.9. The number of ketones is 6. The Kier molecular flexibility index (Phi) is 82.8. The minimum absolute atomic E-state index is 0.0242. The molecule has 0 amide bonds. The Hall–Kier alpha value is -5.34. The van der Waals surface area contributed by atoms with Gasteiger partial charge < -0.3 is 0 Å². The average Bonchev–Trinajstić information content (AvgIpc) is 0.822. The molecule has 132 heavy (non-hydrogen) atoms. The highest BCUT2D eigenvalue weighted by atomic mass is 16.2. The third-order valence-electron chi connectivity index (χ3n) is 28.1. The summed E-state index contributed by atoms with van der Waals surface area (Å²) in [5.74, 6) is 2.67. The number of allylic oxidation sites excluding steroid dienone is 10. The van der Waals surface area contributed by atoms with Crippen LogP contribution in [0, 0.1) is 35.5 Å². The second-order valence-corrected chi connectivity index (χ2v) is 41.9. The number of carbonyl (C=O) groups excluding carboxylic acids is 6. The maximum Gasteiger partial charge on any atom is 0.156 e. The smallest absolute Gasteiger partial charge is 0.156 e. The van der Waals surface area contributed by atoms with E-state index in [9.17, 15) is 28.8 Å². The number of hydrogen-bond acceptors (Lipinski definition) is 12. The predicted octanol–water partition coefficient (Wildman–Crippen LogP) is 32.4. The number of rotatable bonds is 78. The summed E-state index contributed by atoms with van der Waals surface area (Å²) in [5, 5.41) is 0. The van der Waals surface area contributed by atoms with Gasteiger partial charge in [-0.3, -0.25) is 58.2 Å². The summed E-state index contributed by atoms with van der Waals surface area (Å²) in [6, 6.07) is 2.16.